The van der Waals surface area contributed by atoms with Crippen LogP contribution in [0.25, 0.3) is 0 Å². The van der Waals surface area contributed by atoms with Crippen LogP contribution in [0.1, 0.15) is 36.8 Å². The number of aryl methyl sites for hydroxylation is 2. The fraction of sp³-hybridized carbons (Fsp3) is 0.600. The lowest BCUT2D eigenvalue weighted by atomic mass is 10.1. The molecule has 92 valence electrons. The summed E-state index contributed by atoms with van der Waals surface area (Å²) in [4.78, 5) is 0. The van der Waals surface area contributed by atoms with Crippen LogP contribution in [0.5, 0.6) is 5.75 Å². The van der Waals surface area contributed by atoms with Crippen molar-refractivity contribution in [2.45, 2.75) is 44.6 Å². The van der Waals surface area contributed by atoms with Gasteiger partial charge in [0.15, 0.2) is 0 Å². The first-order chi connectivity index (χ1) is 8.33. The van der Waals surface area contributed by atoms with Gasteiger partial charge in [0.2, 0.25) is 0 Å². The summed E-state index contributed by atoms with van der Waals surface area (Å²) in [6.07, 6.45) is 7.41. The standard InChI is InChI=1S/C15H21NO/c16-15-6-2-5-13(15)10-17-14-8-7-11-3-1-4-12(11)9-14/h7-9,13,15H,1-6,10,16H2/t13-,15+/m1/s1. The number of hydrogen-bond acceptors (Lipinski definition) is 2. The number of nitrogens with two attached hydrogens (primary N) is 1. The Morgan fingerprint density at radius 2 is 2.00 bits per heavy atom. The molecule has 0 bridgehead atoms. The van der Waals surface area contributed by atoms with Gasteiger partial charge in [0, 0.05) is 12.0 Å². The van der Waals surface area contributed by atoms with E-state index in [4.69, 9.17) is 10.5 Å². The van der Waals surface area contributed by atoms with Gasteiger partial charge in [-0.15, -0.1) is 0 Å². The Morgan fingerprint density at radius 3 is 2.82 bits per heavy atom. The fourth-order valence-electron chi connectivity index (χ4n) is 3.11. The summed E-state index contributed by atoms with van der Waals surface area (Å²) >= 11 is 0. The molecule has 1 aromatic carbocycles. The lowest BCUT2D eigenvalue weighted by Gasteiger charge is -2.16. The highest BCUT2D eigenvalue weighted by molar-refractivity contribution is 5.38. The largest absolute Gasteiger partial charge is 0.493 e. The van der Waals surface area contributed by atoms with Gasteiger partial charge in [-0.05, 0) is 55.4 Å². The molecule has 2 heteroatoms. The second kappa shape index (κ2) is 4.69. The predicted octanol–water partition coefficient (Wildman–Crippen LogP) is 2.68. The maximum Gasteiger partial charge on any atom is 0.119 e. The summed E-state index contributed by atoms with van der Waals surface area (Å²) in [7, 11) is 0. The maximum absolute atomic E-state index is 6.05. The molecule has 2 aliphatic rings. The topological polar surface area (TPSA) is 35.2 Å². The van der Waals surface area contributed by atoms with Crippen LogP contribution in [0.3, 0.4) is 0 Å². The number of hydrogen-bond donors (Lipinski definition) is 1. The Balaban J connectivity index is 1.61. The van der Waals surface area contributed by atoms with Gasteiger partial charge in [0.1, 0.15) is 5.75 Å². The Kier molecular flexibility index (Phi) is 3.06. The summed E-state index contributed by atoms with van der Waals surface area (Å²) < 4.78 is 5.91. The van der Waals surface area contributed by atoms with Gasteiger partial charge in [-0.25, -0.2) is 0 Å². The van der Waals surface area contributed by atoms with Crippen molar-refractivity contribution >= 4 is 0 Å². The molecule has 1 aromatic rings. The molecule has 17 heavy (non-hydrogen) atoms. The molecule has 2 N–H and O–H groups in total. The van der Waals surface area contributed by atoms with Gasteiger partial charge in [-0.1, -0.05) is 12.5 Å². The van der Waals surface area contributed by atoms with Crippen LogP contribution in [0.2, 0.25) is 0 Å². The van der Waals surface area contributed by atoms with E-state index >= 15 is 0 Å². The van der Waals surface area contributed by atoms with Gasteiger partial charge in [0.25, 0.3) is 0 Å². The first kappa shape index (κ1) is 11.1. The molecule has 1 fully saturated rings. The van der Waals surface area contributed by atoms with E-state index in [1.54, 1.807) is 0 Å². The third kappa shape index (κ3) is 2.32. The van der Waals surface area contributed by atoms with Crippen molar-refractivity contribution in [3.05, 3.63) is 29.3 Å². The predicted molar refractivity (Wildman–Crippen MR) is 69.3 cm³/mol. The molecule has 2 atom stereocenters. The first-order valence-corrected chi connectivity index (χ1v) is 6.83. The molecule has 2 aliphatic carbocycles. The smallest absolute Gasteiger partial charge is 0.119 e. The van der Waals surface area contributed by atoms with E-state index in [0.29, 0.717) is 12.0 Å². The highest BCUT2D eigenvalue weighted by Crippen LogP contribution is 2.28. The van der Waals surface area contributed by atoms with Crippen LogP contribution in [-0.4, -0.2) is 12.6 Å². The third-order valence-electron chi connectivity index (χ3n) is 4.25. The molecule has 0 aliphatic heterocycles. The van der Waals surface area contributed by atoms with Gasteiger partial charge in [-0.3, -0.25) is 0 Å². The van der Waals surface area contributed by atoms with E-state index in [0.717, 1.165) is 18.8 Å². The minimum Gasteiger partial charge on any atom is -0.493 e. The lowest BCUT2D eigenvalue weighted by molar-refractivity contribution is 0.239. The molecule has 0 saturated heterocycles. The maximum atomic E-state index is 6.05. The number of benzene rings is 1. The molecule has 3 rings (SSSR count). The van der Waals surface area contributed by atoms with E-state index in [1.807, 2.05) is 0 Å². The monoisotopic (exact) mass is 231 g/mol. The lowest BCUT2D eigenvalue weighted by Crippen LogP contribution is -2.28. The van der Waals surface area contributed by atoms with E-state index in [-0.39, 0.29) is 0 Å². The summed E-state index contributed by atoms with van der Waals surface area (Å²) in [5.41, 5.74) is 9.05. The normalized spacial score (nSPS) is 27.1. The van der Waals surface area contributed by atoms with Crippen LogP contribution in [0.4, 0.5) is 0 Å². The Morgan fingerprint density at radius 1 is 1.12 bits per heavy atom. The van der Waals surface area contributed by atoms with Crippen LogP contribution in [0.15, 0.2) is 18.2 Å². The summed E-state index contributed by atoms with van der Waals surface area (Å²) in [6.45, 7) is 0.792. The second-order valence-corrected chi connectivity index (χ2v) is 5.45. The van der Waals surface area contributed by atoms with Gasteiger partial charge >= 0.3 is 0 Å². The van der Waals surface area contributed by atoms with Gasteiger partial charge in [-0.2, -0.15) is 0 Å². The van der Waals surface area contributed by atoms with Crippen molar-refractivity contribution in [3.8, 4) is 5.75 Å². The fourth-order valence-corrected chi connectivity index (χ4v) is 3.11. The van der Waals surface area contributed by atoms with E-state index in [2.05, 4.69) is 18.2 Å². The highest BCUT2D eigenvalue weighted by Gasteiger charge is 2.24. The van der Waals surface area contributed by atoms with Crippen molar-refractivity contribution in [3.63, 3.8) is 0 Å². The average Bonchev–Trinajstić information content (AvgIpc) is 2.94. The minimum absolute atomic E-state index is 0.351. The molecular weight excluding hydrogens is 210 g/mol. The zero-order valence-electron chi connectivity index (χ0n) is 10.3. The van der Waals surface area contributed by atoms with E-state index in [9.17, 15) is 0 Å². The Hall–Kier alpha value is -1.02. The number of ether oxygens (including phenoxy) is 1. The molecule has 0 radical (unpaired) electrons. The van der Waals surface area contributed by atoms with Crippen LogP contribution < -0.4 is 10.5 Å². The molecule has 0 aromatic heterocycles. The molecule has 0 amide bonds. The third-order valence-corrected chi connectivity index (χ3v) is 4.25. The Bertz CT molecular complexity index is 402. The molecule has 0 spiro atoms. The molecule has 0 heterocycles. The first-order valence-electron chi connectivity index (χ1n) is 6.83. The number of rotatable bonds is 3. The highest BCUT2D eigenvalue weighted by atomic mass is 16.5. The average molecular weight is 231 g/mol. The summed E-state index contributed by atoms with van der Waals surface area (Å²) in [6, 6.07) is 6.92. The van der Waals surface area contributed by atoms with Crippen molar-refractivity contribution in [2.24, 2.45) is 11.7 Å². The van der Waals surface area contributed by atoms with Crippen molar-refractivity contribution < 1.29 is 4.74 Å². The molecule has 0 unspecified atom stereocenters. The molecular formula is C15H21NO. The van der Waals surface area contributed by atoms with Crippen molar-refractivity contribution in [2.75, 3.05) is 6.61 Å². The summed E-state index contributed by atoms with van der Waals surface area (Å²) in [5, 5.41) is 0. The molecule has 2 nitrogen and oxygen atoms in total. The van der Waals surface area contributed by atoms with Crippen LogP contribution in [-0.2, 0) is 12.8 Å². The quantitative estimate of drug-likeness (QED) is 0.868. The molecule has 1 saturated carbocycles. The van der Waals surface area contributed by atoms with Gasteiger partial charge < -0.3 is 10.5 Å². The van der Waals surface area contributed by atoms with E-state index in [1.165, 1.54) is 43.2 Å². The second-order valence-electron chi connectivity index (χ2n) is 5.45. The zero-order chi connectivity index (χ0) is 11.7. The Labute approximate surface area is 103 Å². The SMILES string of the molecule is N[C@H]1CCC[C@@H]1COc1ccc2c(c1)CCC2. The van der Waals surface area contributed by atoms with Crippen molar-refractivity contribution in [1.29, 1.82) is 0 Å². The van der Waals surface area contributed by atoms with Crippen molar-refractivity contribution in [1.82, 2.24) is 0 Å². The summed E-state index contributed by atoms with van der Waals surface area (Å²) in [5.74, 6) is 1.59. The van der Waals surface area contributed by atoms with Crippen LogP contribution >= 0.6 is 0 Å². The minimum atomic E-state index is 0.351. The number of fused-ring (bicyclic) bond motifs is 1. The van der Waals surface area contributed by atoms with E-state index < -0.39 is 0 Å². The van der Waals surface area contributed by atoms with Gasteiger partial charge in [0.05, 0.1) is 6.61 Å². The zero-order valence-corrected chi connectivity index (χ0v) is 10.3. The van der Waals surface area contributed by atoms with Crippen LogP contribution in [0, 0.1) is 5.92 Å².